The minimum Gasteiger partial charge on any atom is -0.439 e. The zero-order valence-corrected chi connectivity index (χ0v) is 11.7. The fourth-order valence-electron chi connectivity index (χ4n) is 1.68. The number of nitrogens with zero attached hydrogens (tertiary/aromatic N) is 1. The van der Waals surface area contributed by atoms with Gasteiger partial charge in [0, 0.05) is 11.4 Å². The topological polar surface area (TPSA) is 38.1 Å². The average molecular weight is 302 g/mol. The maximum atomic E-state index is 13.1. The smallest absolute Gasteiger partial charge is 0.417 e. The van der Waals surface area contributed by atoms with E-state index in [1.54, 1.807) is 20.0 Å². The standard InChI is InChI=1S/C13H13F3N2OS/c1-8-7-19-12(18-8)20-11-4-3-9(6-17-2)5-10(11)13(14,15)16/h3-5,7,17H,6H2,1-2H3. The Labute approximate surface area is 118 Å². The third-order valence-electron chi connectivity index (χ3n) is 2.53. The van der Waals surface area contributed by atoms with Gasteiger partial charge >= 0.3 is 6.18 Å². The molecule has 0 saturated carbocycles. The first kappa shape index (κ1) is 14.9. The van der Waals surface area contributed by atoms with E-state index in [4.69, 9.17) is 4.42 Å². The molecule has 0 aliphatic carbocycles. The molecule has 3 nitrogen and oxygen atoms in total. The predicted octanol–water partition coefficient (Wildman–Crippen LogP) is 3.87. The molecule has 1 heterocycles. The highest BCUT2D eigenvalue weighted by atomic mass is 32.2. The number of nitrogens with one attached hydrogen (secondary N) is 1. The summed E-state index contributed by atoms with van der Waals surface area (Å²) in [5.74, 6) is 0. The van der Waals surface area contributed by atoms with E-state index in [1.807, 2.05) is 0 Å². The highest BCUT2D eigenvalue weighted by Gasteiger charge is 2.34. The number of alkyl halides is 3. The van der Waals surface area contributed by atoms with Gasteiger partial charge in [0.05, 0.1) is 11.3 Å². The number of halogens is 3. The second-order valence-corrected chi connectivity index (χ2v) is 5.21. The zero-order chi connectivity index (χ0) is 14.8. The van der Waals surface area contributed by atoms with E-state index in [2.05, 4.69) is 10.3 Å². The summed E-state index contributed by atoms with van der Waals surface area (Å²) in [4.78, 5) is 4.09. The molecule has 1 aromatic carbocycles. The Kier molecular flexibility index (Phi) is 4.39. The van der Waals surface area contributed by atoms with Crippen molar-refractivity contribution in [2.45, 2.75) is 29.8 Å². The fourth-order valence-corrected chi connectivity index (χ4v) is 2.57. The highest BCUT2D eigenvalue weighted by molar-refractivity contribution is 7.99. The molecule has 1 N–H and O–H groups in total. The molecule has 0 amide bonds. The molecular formula is C13H13F3N2OS. The van der Waals surface area contributed by atoms with Crippen LogP contribution in [0.25, 0.3) is 0 Å². The second-order valence-electron chi connectivity index (χ2n) is 4.22. The van der Waals surface area contributed by atoms with Gasteiger partial charge < -0.3 is 9.73 Å². The molecule has 0 saturated heterocycles. The van der Waals surface area contributed by atoms with E-state index in [1.165, 1.54) is 12.3 Å². The lowest BCUT2D eigenvalue weighted by atomic mass is 10.1. The van der Waals surface area contributed by atoms with E-state index in [-0.39, 0.29) is 10.1 Å². The van der Waals surface area contributed by atoms with Gasteiger partial charge in [-0.1, -0.05) is 6.07 Å². The van der Waals surface area contributed by atoms with Crippen LogP contribution in [0.1, 0.15) is 16.8 Å². The molecule has 1 aromatic heterocycles. The number of benzene rings is 1. The van der Waals surface area contributed by atoms with E-state index in [0.717, 1.165) is 17.8 Å². The molecule has 2 rings (SSSR count). The fraction of sp³-hybridized carbons (Fsp3) is 0.308. The minimum atomic E-state index is -4.41. The highest BCUT2D eigenvalue weighted by Crippen LogP contribution is 2.39. The number of hydrogen-bond acceptors (Lipinski definition) is 4. The van der Waals surface area contributed by atoms with Crippen molar-refractivity contribution in [2.75, 3.05) is 7.05 Å². The molecule has 0 atom stereocenters. The van der Waals surface area contributed by atoms with E-state index in [0.29, 0.717) is 17.8 Å². The Morgan fingerprint density at radius 3 is 2.65 bits per heavy atom. The number of oxazole rings is 1. The maximum Gasteiger partial charge on any atom is 0.417 e. The van der Waals surface area contributed by atoms with Crippen LogP contribution in [-0.2, 0) is 12.7 Å². The van der Waals surface area contributed by atoms with Crippen molar-refractivity contribution >= 4 is 11.8 Å². The van der Waals surface area contributed by atoms with Gasteiger partial charge in [0.1, 0.15) is 6.26 Å². The summed E-state index contributed by atoms with van der Waals surface area (Å²) >= 11 is 0.871. The van der Waals surface area contributed by atoms with Gasteiger partial charge in [-0.3, -0.25) is 0 Å². The van der Waals surface area contributed by atoms with Gasteiger partial charge in [-0.15, -0.1) is 0 Å². The van der Waals surface area contributed by atoms with Crippen LogP contribution < -0.4 is 5.32 Å². The van der Waals surface area contributed by atoms with Crippen molar-refractivity contribution in [3.63, 3.8) is 0 Å². The molecule has 0 spiro atoms. The Balaban J connectivity index is 2.36. The molecule has 0 bridgehead atoms. The Hall–Kier alpha value is -1.47. The maximum absolute atomic E-state index is 13.1. The molecule has 7 heteroatoms. The lowest BCUT2D eigenvalue weighted by molar-refractivity contribution is -0.139. The lowest BCUT2D eigenvalue weighted by Crippen LogP contribution is -2.10. The summed E-state index contributed by atoms with van der Waals surface area (Å²) in [5.41, 5.74) is 0.534. The third kappa shape index (κ3) is 3.55. The second kappa shape index (κ2) is 5.88. The summed E-state index contributed by atoms with van der Waals surface area (Å²) in [6.45, 7) is 2.10. The van der Waals surface area contributed by atoms with Crippen molar-refractivity contribution in [2.24, 2.45) is 0 Å². The van der Waals surface area contributed by atoms with Gasteiger partial charge in [-0.25, -0.2) is 4.98 Å². The first-order chi connectivity index (χ1) is 9.40. The van der Waals surface area contributed by atoms with Crippen molar-refractivity contribution in [1.82, 2.24) is 10.3 Å². The molecular weight excluding hydrogens is 289 g/mol. The monoisotopic (exact) mass is 302 g/mol. The molecule has 0 aliphatic rings. The lowest BCUT2D eigenvalue weighted by Gasteiger charge is -2.13. The van der Waals surface area contributed by atoms with E-state index >= 15 is 0 Å². The first-order valence-electron chi connectivity index (χ1n) is 5.85. The van der Waals surface area contributed by atoms with Crippen LogP contribution in [0.15, 0.2) is 39.0 Å². The first-order valence-corrected chi connectivity index (χ1v) is 6.66. The van der Waals surface area contributed by atoms with Crippen LogP contribution in [0, 0.1) is 6.92 Å². The van der Waals surface area contributed by atoms with Gasteiger partial charge in [-0.2, -0.15) is 13.2 Å². The van der Waals surface area contributed by atoms with Crippen LogP contribution in [-0.4, -0.2) is 12.0 Å². The Morgan fingerprint density at radius 2 is 2.10 bits per heavy atom. The van der Waals surface area contributed by atoms with Crippen LogP contribution in [0.2, 0.25) is 0 Å². The van der Waals surface area contributed by atoms with Crippen LogP contribution in [0.4, 0.5) is 13.2 Å². The molecule has 0 aliphatic heterocycles. The summed E-state index contributed by atoms with van der Waals surface area (Å²) in [6.07, 6.45) is -3.00. The summed E-state index contributed by atoms with van der Waals surface area (Å²) in [5, 5.41) is 3.03. The molecule has 0 unspecified atom stereocenters. The number of aryl methyl sites for hydroxylation is 1. The van der Waals surface area contributed by atoms with Gasteiger partial charge in [-0.05, 0) is 43.4 Å². The third-order valence-corrected chi connectivity index (χ3v) is 3.46. The average Bonchev–Trinajstić information content (AvgIpc) is 2.76. The molecule has 108 valence electrons. The normalized spacial score (nSPS) is 11.8. The minimum absolute atomic E-state index is 0.0826. The van der Waals surface area contributed by atoms with Crippen LogP contribution in [0.5, 0.6) is 0 Å². The summed E-state index contributed by atoms with van der Waals surface area (Å²) in [7, 11) is 1.69. The number of aromatic nitrogens is 1. The molecule has 20 heavy (non-hydrogen) atoms. The largest absolute Gasteiger partial charge is 0.439 e. The van der Waals surface area contributed by atoms with E-state index in [9.17, 15) is 13.2 Å². The Bertz CT molecular complexity index is 596. The zero-order valence-electron chi connectivity index (χ0n) is 10.9. The SMILES string of the molecule is CNCc1ccc(Sc2nc(C)co2)c(C(F)(F)F)c1. The van der Waals surface area contributed by atoms with Crippen molar-refractivity contribution in [1.29, 1.82) is 0 Å². The number of rotatable bonds is 4. The van der Waals surface area contributed by atoms with Gasteiger partial charge in [0.2, 0.25) is 0 Å². The van der Waals surface area contributed by atoms with Crippen LogP contribution >= 0.6 is 11.8 Å². The summed E-state index contributed by atoms with van der Waals surface area (Å²) in [6, 6.07) is 4.25. The Morgan fingerprint density at radius 1 is 1.35 bits per heavy atom. The van der Waals surface area contributed by atoms with Crippen LogP contribution in [0.3, 0.4) is 0 Å². The predicted molar refractivity (Wildman–Crippen MR) is 69.6 cm³/mol. The van der Waals surface area contributed by atoms with Gasteiger partial charge in [0.25, 0.3) is 5.22 Å². The van der Waals surface area contributed by atoms with Crippen molar-refractivity contribution in [3.05, 3.63) is 41.3 Å². The molecule has 2 aromatic rings. The summed E-state index contributed by atoms with van der Waals surface area (Å²) < 4.78 is 44.4. The van der Waals surface area contributed by atoms with E-state index < -0.39 is 11.7 Å². The number of hydrogen-bond donors (Lipinski definition) is 1. The quantitative estimate of drug-likeness (QED) is 0.930. The van der Waals surface area contributed by atoms with Crippen molar-refractivity contribution < 1.29 is 17.6 Å². The van der Waals surface area contributed by atoms with Crippen molar-refractivity contribution in [3.8, 4) is 0 Å². The van der Waals surface area contributed by atoms with Gasteiger partial charge in [0.15, 0.2) is 0 Å². The molecule has 0 fully saturated rings. The molecule has 0 radical (unpaired) electrons.